The molecule has 0 aromatic carbocycles. The van der Waals surface area contributed by atoms with Crippen molar-refractivity contribution in [2.24, 2.45) is 23.0 Å². The van der Waals surface area contributed by atoms with Crippen molar-refractivity contribution in [3.05, 3.63) is 0 Å². The molecule has 1 heterocycles. The van der Waals surface area contributed by atoms with Crippen molar-refractivity contribution in [1.82, 2.24) is 4.90 Å². The molecule has 5 unspecified atom stereocenters. The molecule has 2 rings (SSSR count). The second-order valence-electron chi connectivity index (χ2n) is 8.17. The van der Waals surface area contributed by atoms with Crippen molar-refractivity contribution in [3.63, 3.8) is 0 Å². The van der Waals surface area contributed by atoms with E-state index in [1.54, 1.807) is 0 Å². The lowest BCUT2D eigenvalue weighted by Crippen LogP contribution is -2.47. The Labute approximate surface area is 125 Å². The van der Waals surface area contributed by atoms with Gasteiger partial charge in [0.25, 0.3) is 0 Å². The first-order chi connectivity index (χ1) is 9.29. The molecule has 0 spiro atoms. The van der Waals surface area contributed by atoms with Crippen LogP contribution < -0.4 is 5.73 Å². The monoisotopic (exact) mass is 282 g/mol. The number of likely N-dealkylation sites (N-methyl/N-ethyl adjacent to an activating group) is 1. The molecule has 3 heteroatoms. The summed E-state index contributed by atoms with van der Waals surface area (Å²) in [5.74, 6) is 1.46. The highest BCUT2D eigenvalue weighted by molar-refractivity contribution is 4.90. The van der Waals surface area contributed by atoms with Crippen LogP contribution >= 0.6 is 0 Å². The van der Waals surface area contributed by atoms with Crippen molar-refractivity contribution in [3.8, 4) is 0 Å². The zero-order valence-electron chi connectivity index (χ0n) is 14.1. The minimum absolute atomic E-state index is 0.373. The molecule has 0 radical (unpaired) electrons. The van der Waals surface area contributed by atoms with Crippen molar-refractivity contribution in [2.75, 3.05) is 20.2 Å². The highest BCUT2D eigenvalue weighted by atomic mass is 16.5. The molecule has 1 saturated heterocycles. The van der Waals surface area contributed by atoms with Crippen LogP contribution in [-0.2, 0) is 4.74 Å². The van der Waals surface area contributed by atoms with Crippen LogP contribution in [0.15, 0.2) is 0 Å². The van der Waals surface area contributed by atoms with Gasteiger partial charge in [0, 0.05) is 25.2 Å². The lowest BCUT2D eigenvalue weighted by Gasteiger charge is -2.42. The molecule has 1 saturated carbocycles. The number of hydrogen-bond acceptors (Lipinski definition) is 3. The van der Waals surface area contributed by atoms with E-state index in [1.807, 2.05) is 0 Å². The molecular formula is C17H34N2O. The van der Waals surface area contributed by atoms with Gasteiger partial charge in [-0.2, -0.15) is 0 Å². The fourth-order valence-electron chi connectivity index (χ4n) is 4.09. The van der Waals surface area contributed by atoms with E-state index in [0.717, 1.165) is 19.1 Å². The Hall–Kier alpha value is -0.120. The normalized spacial score (nSPS) is 39.5. The van der Waals surface area contributed by atoms with Gasteiger partial charge in [0.1, 0.15) is 0 Å². The van der Waals surface area contributed by atoms with Crippen molar-refractivity contribution < 1.29 is 4.74 Å². The maximum Gasteiger partial charge on any atom is 0.0702 e. The summed E-state index contributed by atoms with van der Waals surface area (Å²) < 4.78 is 5.71. The largest absolute Gasteiger partial charge is 0.377 e. The molecule has 1 aliphatic carbocycles. The third-order valence-corrected chi connectivity index (χ3v) is 5.69. The highest BCUT2D eigenvalue weighted by Crippen LogP contribution is 2.40. The number of nitrogens with two attached hydrogens (primary N) is 1. The Morgan fingerprint density at radius 2 is 1.90 bits per heavy atom. The van der Waals surface area contributed by atoms with Gasteiger partial charge in [-0.15, -0.1) is 0 Å². The maximum atomic E-state index is 6.41. The standard InChI is InChI=1S/C17H34N2O/c1-12-16(8-9-20-12)19(5)11-13-10-14(17(2,3)4)6-7-15(13)18/h12-16H,6-11,18H2,1-5H3. The Kier molecular flexibility index (Phi) is 5.14. The Morgan fingerprint density at radius 1 is 1.20 bits per heavy atom. The minimum atomic E-state index is 0.373. The van der Waals surface area contributed by atoms with Crippen molar-refractivity contribution in [1.29, 1.82) is 0 Å². The third kappa shape index (κ3) is 3.75. The summed E-state index contributed by atoms with van der Waals surface area (Å²) in [7, 11) is 2.25. The van der Waals surface area contributed by atoms with Crippen LogP contribution in [0.1, 0.15) is 53.4 Å². The van der Waals surface area contributed by atoms with E-state index in [1.165, 1.54) is 25.7 Å². The summed E-state index contributed by atoms with van der Waals surface area (Å²) >= 11 is 0. The average molecular weight is 282 g/mol. The van der Waals surface area contributed by atoms with E-state index >= 15 is 0 Å². The Morgan fingerprint density at radius 3 is 2.45 bits per heavy atom. The number of nitrogens with zero attached hydrogens (tertiary/aromatic N) is 1. The van der Waals surface area contributed by atoms with E-state index < -0.39 is 0 Å². The highest BCUT2D eigenvalue weighted by Gasteiger charge is 2.36. The molecular weight excluding hydrogens is 248 g/mol. The molecule has 0 aromatic heterocycles. The smallest absolute Gasteiger partial charge is 0.0702 e. The summed E-state index contributed by atoms with van der Waals surface area (Å²) in [6.07, 6.45) is 5.32. The second-order valence-corrected chi connectivity index (χ2v) is 8.17. The van der Waals surface area contributed by atoms with Gasteiger partial charge >= 0.3 is 0 Å². The lowest BCUT2D eigenvalue weighted by atomic mass is 9.67. The zero-order valence-corrected chi connectivity index (χ0v) is 14.1. The quantitative estimate of drug-likeness (QED) is 0.865. The summed E-state index contributed by atoms with van der Waals surface area (Å²) in [4.78, 5) is 2.51. The molecule has 2 N–H and O–H groups in total. The van der Waals surface area contributed by atoms with Gasteiger partial charge in [-0.05, 0) is 56.9 Å². The van der Waals surface area contributed by atoms with Crippen LogP contribution in [0.25, 0.3) is 0 Å². The predicted octanol–water partition coefficient (Wildman–Crippen LogP) is 2.89. The maximum absolute atomic E-state index is 6.41. The van der Waals surface area contributed by atoms with E-state index in [0.29, 0.717) is 29.5 Å². The predicted molar refractivity (Wildman–Crippen MR) is 84.7 cm³/mol. The van der Waals surface area contributed by atoms with Gasteiger partial charge in [0.15, 0.2) is 0 Å². The van der Waals surface area contributed by atoms with Crippen LogP contribution in [0.4, 0.5) is 0 Å². The first-order valence-electron chi connectivity index (χ1n) is 8.36. The zero-order chi connectivity index (χ0) is 14.9. The number of ether oxygens (including phenoxy) is 1. The van der Waals surface area contributed by atoms with Crippen LogP contribution in [-0.4, -0.2) is 43.3 Å². The van der Waals surface area contributed by atoms with Crippen LogP contribution in [0.3, 0.4) is 0 Å². The molecule has 3 nitrogen and oxygen atoms in total. The van der Waals surface area contributed by atoms with Crippen LogP contribution in [0, 0.1) is 17.3 Å². The van der Waals surface area contributed by atoms with Crippen LogP contribution in [0.5, 0.6) is 0 Å². The van der Waals surface area contributed by atoms with Gasteiger partial charge in [-0.3, -0.25) is 0 Å². The summed E-state index contributed by atoms with van der Waals surface area (Å²) in [6, 6.07) is 0.964. The van der Waals surface area contributed by atoms with Gasteiger partial charge in [-0.1, -0.05) is 20.8 Å². The molecule has 0 aromatic rings. The molecule has 0 amide bonds. The van der Waals surface area contributed by atoms with Gasteiger partial charge in [0.2, 0.25) is 0 Å². The lowest BCUT2D eigenvalue weighted by molar-refractivity contribution is 0.0597. The second kappa shape index (κ2) is 6.33. The summed E-state index contributed by atoms with van der Waals surface area (Å²) in [5.41, 5.74) is 6.83. The SMILES string of the molecule is CC1OCCC1N(C)CC1CC(C(C)(C)C)CCC1N. The molecule has 1 aliphatic heterocycles. The Balaban J connectivity index is 1.92. The van der Waals surface area contributed by atoms with Gasteiger partial charge in [0.05, 0.1) is 6.10 Å². The van der Waals surface area contributed by atoms with Crippen LogP contribution in [0.2, 0.25) is 0 Å². The first-order valence-corrected chi connectivity index (χ1v) is 8.36. The fourth-order valence-corrected chi connectivity index (χ4v) is 4.09. The van der Waals surface area contributed by atoms with E-state index in [-0.39, 0.29) is 0 Å². The molecule has 118 valence electrons. The van der Waals surface area contributed by atoms with E-state index in [9.17, 15) is 0 Å². The van der Waals surface area contributed by atoms with Crippen molar-refractivity contribution in [2.45, 2.75) is 71.6 Å². The molecule has 5 atom stereocenters. The molecule has 0 bridgehead atoms. The topological polar surface area (TPSA) is 38.5 Å². The fraction of sp³-hybridized carbons (Fsp3) is 1.00. The minimum Gasteiger partial charge on any atom is -0.377 e. The first kappa shape index (κ1) is 16.3. The van der Waals surface area contributed by atoms with Crippen molar-refractivity contribution >= 4 is 0 Å². The molecule has 2 aliphatic rings. The molecule has 20 heavy (non-hydrogen) atoms. The number of hydrogen-bond donors (Lipinski definition) is 1. The summed E-state index contributed by atoms with van der Waals surface area (Å²) in [5, 5.41) is 0. The summed E-state index contributed by atoms with van der Waals surface area (Å²) in [6.45, 7) is 11.4. The average Bonchev–Trinajstić information content (AvgIpc) is 2.77. The van der Waals surface area contributed by atoms with Gasteiger partial charge in [-0.25, -0.2) is 0 Å². The van der Waals surface area contributed by atoms with E-state index in [2.05, 4.69) is 39.6 Å². The molecule has 2 fully saturated rings. The Bertz CT molecular complexity index is 313. The third-order valence-electron chi connectivity index (χ3n) is 5.69. The van der Waals surface area contributed by atoms with Gasteiger partial charge < -0.3 is 15.4 Å². The van der Waals surface area contributed by atoms with E-state index in [4.69, 9.17) is 10.5 Å². The number of rotatable bonds is 3.